The number of rotatable bonds is 7. The van der Waals surface area contributed by atoms with E-state index in [9.17, 15) is 9.18 Å². The smallest absolute Gasteiger partial charge is 0.239 e. The van der Waals surface area contributed by atoms with Gasteiger partial charge in [-0.05, 0) is 42.2 Å². The van der Waals surface area contributed by atoms with Gasteiger partial charge in [-0.3, -0.25) is 4.79 Å². The van der Waals surface area contributed by atoms with Crippen molar-refractivity contribution >= 4 is 23.4 Å². The fourth-order valence-electron chi connectivity index (χ4n) is 1.38. The Morgan fingerprint density at radius 2 is 2.12 bits per heavy atom. The third kappa shape index (κ3) is 5.08. The van der Waals surface area contributed by atoms with Gasteiger partial charge >= 0.3 is 0 Å². The number of hydrogen-bond donors (Lipinski definition) is 2. The Morgan fingerprint density at radius 3 is 2.65 bits per heavy atom. The monoisotopic (exact) mass is 256 g/mol. The van der Waals surface area contributed by atoms with Crippen molar-refractivity contribution in [2.75, 3.05) is 16.8 Å². The quantitative estimate of drug-likeness (QED) is 0.736. The normalized spacial score (nSPS) is 12.1. The van der Waals surface area contributed by atoms with E-state index in [0.29, 0.717) is 12.1 Å². The number of primary amides is 1. The fraction of sp³-hybridized carbons (Fsp3) is 0.417. The molecule has 94 valence electrons. The van der Waals surface area contributed by atoms with Crippen LogP contribution in [0.3, 0.4) is 0 Å². The average molecular weight is 256 g/mol. The number of amides is 1. The van der Waals surface area contributed by atoms with E-state index in [1.165, 1.54) is 12.1 Å². The third-order valence-corrected chi connectivity index (χ3v) is 3.22. The number of thioether (sulfide) groups is 1. The molecule has 3 nitrogen and oxygen atoms in total. The maximum atomic E-state index is 12.7. The first-order chi connectivity index (χ1) is 8.13. The van der Waals surface area contributed by atoms with Gasteiger partial charge in [-0.1, -0.05) is 6.92 Å². The Balaban J connectivity index is 2.54. The SMILES string of the molecule is CCSCCC(Nc1ccc(F)cc1)C(N)=O. The first kappa shape index (κ1) is 13.8. The van der Waals surface area contributed by atoms with Crippen LogP contribution < -0.4 is 11.1 Å². The summed E-state index contributed by atoms with van der Waals surface area (Å²) in [5.41, 5.74) is 6.02. The number of nitrogens with two attached hydrogens (primary N) is 1. The van der Waals surface area contributed by atoms with E-state index in [1.54, 1.807) is 23.9 Å². The minimum atomic E-state index is -0.403. The second-order valence-electron chi connectivity index (χ2n) is 3.59. The van der Waals surface area contributed by atoms with Gasteiger partial charge in [0.15, 0.2) is 0 Å². The molecule has 17 heavy (non-hydrogen) atoms. The summed E-state index contributed by atoms with van der Waals surface area (Å²) in [6.45, 7) is 2.07. The maximum absolute atomic E-state index is 12.7. The van der Waals surface area contributed by atoms with Gasteiger partial charge in [0.2, 0.25) is 5.91 Å². The highest BCUT2D eigenvalue weighted by molar-refractivity contribution is 7.99. The number of anilines is 1. The molecule has 3 N–H and O–H groups in total. The molecule has 0 saturated heterocycles. The summed E-state index contributed by atoms with van der Waals surface area (Å²) in [7, 11) is 0. The van der Waals surface area contributed by atoms with Crippen molar-refractivity contribution in [1.82, 2.24) is 0 Å². The van der Waals surface area contributed by atoms with Crippen molar-refractivity contribution in [3.8, 4) is 0 Å². The van der Waals surface area contributed by atoms with E-state index in [2.05, 4.69) is 12.2 Å². The molecule has 5 heteroatoms. The van der Waals surface area contributed by atoms with Crippen molar-refractivity contribution in [1.29, 1.82) is 0 Å². The number of halogens is 1. The lowest BCUT2D eigenvalue weighted by Gasteiger charge is -2.16. The van der Waals surface area contributed by atoms with Gasteiger partial charge in [-0.25, -0.2) is 4.39 Å². The number of carbonyl (C=O) groups is 1. The second kappa shape index (κ2) is 7.17. The Labute approximate surface area is 105 Å². The average Bonchev–Trinajstić information content (AvgIpc) is 2.30. The summed E-state index contributed by atoms with van der Waals surface area (Å²) < 4.78 is 12.7. The topological polar surface area (TPSA) is 55.1 Å². The molecule has 1 atom stereocenters. The molecule has 1 unspecified atom stereocenters. The summed E-state index contributed by atoms with van der Waals surface area (Å²) in [5.74, 6) is 1.21. The lowest BCUT2D eigenvalue weighted by atomic mass is 10.2. The van der Waals surface area contributed by atoms with Gasteiger partial charge in [0.25, 0.3) is 0 Å². The van der Waals surface area contributed by atoms with Crippen LogP contribution in [0.1, 0.15) is 13.3 Å². The fourth-order valence-corrected chi connectivity index (χ4v) is 2.07. The van der Waals surface area contributed by atoms with Crippen LogP contribution in [-0.4, -0.2) is 23.5 Å². The Kier molecular flexibility index (Phi) is 5.83. The second-order valence-corrected chi connectivity index (χ2v) is 4.99. The van der Waals surface area contributed by atoms with E-state index in [1.807, 2.05) is 0 Å². The molecule has 0 aromatic heterocycles. The van der Waals surface area contributed by atoms with Gasteiger partial charge in [-0.15, -0.1) is 0 Å². The van der Waals surface area contributed by atoms with E-state index in [-0.39, 0.29) is 11.7 Å². The molecule has 0 radical (unpaired) electrons. The zero-order chi connectivity index (χ0) is 12.7. The first-order valence-electron chi connectivity index (χ1n) is 5.52. The molecule has 1 rings (SSSR count). The van der Waals surface area contributed by atoms with Crippen LogP contribution in [0.4, 0.5) is 10.1 Å². The Morgan fingerprint density at radius 1 is 1.47 bits per heavy atom. The predicted octanol–water partition coefficient (Wildman–Crippen LogP) is 2.23. The van der Waals surface area contributed by atoms with Crippen LogP contribution in [0.15, 0.2) is 24.3 Å². The van der Waals surface area contributed by atoms with Crippen LogP contribution in [0.2, 0.25) is 0 Å². The highest BCUT2D eigenvalue weighted by Crippen LogP contribution is 2.12. The molecule has 0 heterocycles. The maximum Gasteiger partial charge on any atom is 0.239 e. The molecule has 1 amide bonds. The van der Waals surface area contributed by atoms with E-state index in [0.717, 1.165) is 11.5 Å². The zero-order valence-electron chi connectivity index (χ0n) is 9.78. The van der Waals surface area contributed by atoms with E-state index < -0.39 is 6.04 Å². The number of benzene rings is 1. The van der Waals surface area contributed by atoms with Crippen LogP contribution in [0, 0.1) is 5.82 Å². The van der Waals surface area contributed by atoms with Gasteiger partial charge in [0.1, 0.15) is 11.9 Å². The minimum absolute atomic E-state index is 0.298. The standard InChI is InChI=1S/C12H17FN2OS/c1-2-17-8-7-11(12(14)16)15-10-5-3-9(13)4-6-10/h3-6,11,15H,2,7-8H2,1H3,(H2,14,16). The van der Waals surface area contributed by atoms with Crippen LogP contribution in [0.5, 0.6) is 0 Å². The summed E-state index contributed by atoms with van der Waals surface area (Å²) in [6, 6.07) is 5.48. The van der Waals surface area contributed by atoms with Crippen molar-refractivity contribution in [3.05, 3.63) is 30.1 Å². The molecule has 1 aromatic carbocycles. The summed E-state index contributed by atoms with van der Waals surface area (Å²) in [4.78, 5) is 11.2. The molecule has 0 aliphatic rings. The Bertz CT molecular complexity index is 356. The molecule has 0 fully saturated rings. The Hall–Kier alpha value is -1.23. The minimum Gasteiger partial charge on any atom is -0.374 e. The number of nitrogens with one attached hydrogen (secondary N) is 1. The van der Waals surface area contributed by atoms with Gasteiger partial charge in [0, 0.05) is 5.69 Å². The van der Waals surface area contributed by atoms with Crippen LogP contribution >= 0.6 is 11.8 Å². The summed E-state index contributed by atoms with van der Waals surface area (Å²) in [5, 5.41) is 3.01. The highest BCUT2D eigenvalue weighted by Gasteiger charge is 2.14. The van der Waals surface area contributed by atoms with Gasteiger partial charge < -0.3 is 11.1 Å². The number of hydrogen-bond acceptors (Lipinski definition) is 3. The van der Waals surface area contributed by atoms with Crippen molar-refractivity contribution in [2.24, 2.45) is 5.73 Å². The number of carbonyl (C=O) groups excluding carboxylic acids is 1. The van der Waals surface area contributed by atoms with E-state index in [4.69, 9.17) is 5.73 Å². The van der Waals surface area contributed by atoms with E-state index >= 15 is 0 Å². The summed E-state index contributed by atoms with van der Waals surface area (Å²) in [6.07, 6.45) is 0.672. The molecule has 0 aliphatic carbocycles. The predicted molar refractivity (Wildman–Crippen MR) is 70.6 cm³/mol. The van der Waals surface area contributed by atoms with Gasteiger partial charge in [-0.2, -0.15) is 11.8 Å². The molecular weight excluding hydrogens is 239 g/mol. The van der Waals surface area contributed by atoms with Crippen molar-refractivity contribution in [2.45, 2.75) is 19.4 Å². The zero-order valence-corrected chi connectivity index (χ0v) is 10.6. The molecule has 0 aliphatic heterocycles. The van der Waals surface area contributed by atoms with Crippen LogP contribution in [-0.2, 0) is 4.79 Å². The molecule has 0 bridgehead atoms. The first-order valence-corrected chi connectivity index (χ1v) is 6.68. The van der Waals surface area contributed by atoms with Crippen molar-refractivity contribution < 1.29 is 9.18 Å². The molecule has 0 spiro atoms. The molecule has 1 aromatic rings. The molecular formula is C12H17FN2OS. The van der Waals surface area contributed by atoms with Gasteiger partial charge in [0.05, 0.1) is 0 Å². The third-order valence-electron chi connectivity index (χ3n) is 2.28. The lowest BCUT2D eigenvalue weighted by molar-refractivity contribution is -0.118. The largest absolute Gasteiger partial charge is 0.374 e. The van der Waals surface area contributed by atoms with Crippen LogP contribution in [0.25, 0.3) is 0 Å². The summed E-state index contributed by atoms with van der Waals surface area (Å²) >= 11 is 1.76. The highest BCUT2D eigenvalue weighted by atomic mass is 32.2. The van der Waals surface area contributed by atoms with Crippen molar-refractivity contribution in [3.63, 3.8) is 0 Å². The molecule has 0 saturated carbocycles. The lowest BCUT2D eigenvalue weighted by Crippen LogP contribution is -2.35.